The van der Waals surface area contributed by atoms with Gasteiger partial charge in [0.05, 0.1) is 5.56 Å². The van der Waals surface area contributed by atoms with Gasteiger partial charge in [-0.3, -0.25) is 9.69 Å². The minimum absolute atomic E-state index is 0.0357. The van der Waals surface area contributed by atoms with Gasteiger partial charge in [-0.15, -0.1) is 0 Å². The lowest BCUT2D eigenvalue weighted by atomic mass is 10.2. The zero-order valence-corrected chi connectivity index (χ0v) is 11.0. The van der Waals surface area contributed by atoms with Gasteiger partial charge in [0.2, 0.25) is 0 Å². The zero-order chi connectivity index (χ0) is 13.8. The summed E-state index contributed by atoms with van der Waals surface area (Å²) in [6.45, 7) is 4.67. The number of phenols is 1. The molecule has 1 saturated heterocycles. The molecule has 1 aromatic carbocycles. The van der Waals surface area contributed by atoms with Crippen molar-refractivity contribution in [2.24, 2.45) is 0 Å². The zero-order valence-electron chi connectivity index (χ0n) is 11.0. The van der Waals surface area contributed by atoms with Gasteiger partial charge in [-0.05, 0) is 45.0 Å². The van der Waals surface area contributed by atoms with Crippen LogP contribution in [0.2, 0.25) is 0 Å². The molecule has 1 fully saturated rings. The van der Waals surface area contributed by atoms with E-state index in [4.69, 9.17) is 5.11 Å². The van der Waals surface area contributed by atoms with Crippen LogP contribution < -0.4 is 5.32 Å². The first-order chi connectivity index (χ1) is 9.08. The van der Waals surface area contributed by atoms with Crippen molar-refractivity contribution < 1.29 is 14.3 Å². The minimum atomic E-state index is -0.702. The molecule has 2 rings (SSSR count). The van der Waals surface area contributed by atoms with Crippen LogP contribution >= 0.6 is 0 Å². The molecule has 1 heterocycles. The predicted octanol–water partition coefficient (Wildman–Crippen LogP) is 1.75. The molecule has 1 atom stereocenters. The van der Waals surface area contributed by atoms with Crippen LogP contribution in [0.5, 0.6) is 5.75 Å². The number of phenolic OH excluding ortho intramolecular Hbond substituents is 1. The van der Waals surface area contributed by atoms with Gasteiger partial charge in [-0.1, -0.05) is 0 Å². The predicted molar refractivity (Wildman–Crippen MR) is 70.7 cm³/mol. The van der Waals surface area contributed by atoms with Gasteiger partial charge >= 0.3 is 0 Å². The first kappa shape index (κ1) is 13.8. The Hall–Kier alpha value is -1.62. The van der Waals surface area contributed by atoms with Crippen molar-refractivity contribution in [3.8, 4) is 5.75 Å². The Morgan fingerprint density at radius 1 is 1.47 bits per heavy atom. The molecule has 1 unspecified atom stereocenters. The second kappa shape index (κ2) is 6.02. The number of rotatable bonds is 4. The average molecular weight is 266 g/mol. The molecular weight excluding hydrogens is 247 g/mol. The van der Waals surface area contributed by atoms with Gasteiger partial charge in [0, 0.05) is 18.7 Å². The molecule has 0 radical (unpaired) electrons. The van der Waals surface area contributed by atoms with E-state index in [0.717, 1.165) is 19.2 Å². The molecule has 0 aliphatic carbocycles. The van der Waals surface area contributed by atoms with Gasteiger partial charge < -0.3 is 10.4 Å². The van der Waals surface area contributed by atoms with Crippen molar-refractivity contribution in [3.05, 3.63) is 29.6 Å². The number of nitrogens with zero attached hydrogens (tertiary/aromatic N) is 1. The van der Waals surface area contributed by atoms with Crippen molar-refractivity contribution in [2.75, 3.05) is 19.6 Å². The van der Waals surface area contributed by atoms with Gasteiger partial charge in [0.1, 0.15) is 11.6 Å². The number of hydrogen-bond acceptors (Lipinski definition) is 3. The fourth-order valence-electron chi connectivity index (χ4n) is 2.34. The highest BCUT2D eigenvalue weighted by Gasteiger charge is 2.19. The Bertz CT molecular complexity index is 459. The number of nitrogens with one attached hydrogen (secondary N) is 1. The van der Waals surface area contributed by atoms with E-state index < -0.39 is 11.7 Å². The topological polar surface area (TPSA) is 52.6 Å². The van der Waals surface area contributed by atoms with Gasteiger partial charge in [-0.2, -0.15) is 0 Å². The molecule has 0 bridgehead atoms. The summed E-state index contributed by atoms with van der Waals surface area (Å²) >= 11 is 0. The maximum absolute atomic E-state index is 13.5. The summed E-state index contributed by atoms with van der Waals surface area (Å²) in [5, 5.41) is 11.8. The van der Waals surface area contributed by atoms with Crippen molar-refractivity contribution in [1.82, 2.24) is 10.2 Å². The molecule has 2 N–H and O–H groups in total. The van der Waals surface area contributed by atoms with Crippen LogP contribution in [0, 0.1) is 5.82 Å². The van der Waals surface area contributed by atoms with Crippen LogP contribution in [0.3, 0.4) is 0 Å². The van der Waals surface area contributed by atoms with E-state index >= 15 is 0 Å². The lowest BCUT2D eigenvalue weighted by Crippen LogP contribution is -2.40. The summed E-state index contributed by atoms with van der Waals surface area (Å²) in [6, 6.07) is 3.80. The molecule has 19 heavy (non-hydrogen) atoms. The Morgan fingerprint density at radius 2 is 2.16 bits per heavy atom. The molecule has 104 valence electrons. The van der Waals surface area contributed by atoms with Crippen molar-refractivity contribution >= 4 is 5.91 Å². The minimum Gasteiger partial charge on any atom is -0.508 e. The normalized spacial score (nSPS) is 17.4. The summed E-state index contributed by atoms with van der Waals surface area (Å²) in [5.74, 6) is -1.32. The molecule has 0 spiro atoms. The summed E-state index contributed by atoms with van der Waals surface area (Å²) < 4.78 is 13.5. The largest absolute Gasteiger partial charge is 0.508 e. The number of benzene rings is 1. The summed E-state index contributed by atoms with van der Waals surface area (Å²) in [5.41, 5.74) is -0.0357. The fraction of sp³-hybridized carbons (Fsp3) is 0.500. The van der Waals surface area contributed by atoms with Crippen LogP contribution in [-0.4, -0.2) is 41.6 Å². The van der Waals surface area contributed by atoms with E-state index in [1.165, 1.54) is 25.0 Å². The number of likely N-dealkylation sites (tertiary alicyclic amines) is 1. The van der Waals surface area contributed by atoms with E-state index in [1.807, 2.05) is 0 Å². The van der Waals surface area contributed by atoms with Crippen molar-refractivity contribution in [2.45, 2.75) is 25.8 Å². The molecule has 1 amide bonds. The van der Waals surface area contributed by atoms with Crippen LogP contribution in [0.1, 0.15) is 30.1 Å². The van der Waals surface area contributed by atoms with Crippen LogP contribution in [0.4, 0.5) is 4.39 Å². The third kappa shape index (κ3) is 3.44. The molecule has 1 aromatic rings. The number of halogens is 1. The molecule has 1 aliphatic rings. The highest BCUT2D eigenvalue weighted by Crippen LogP contribution is 2.15. The number of aromatic hydroxyl groups is 1. The van der Waals surface area contributed by atoms with Crippen LogP contribution in [-0.2, 0) is 0 Å². The molecule has 5 heteroatoms. The van der Waals surface area contributed by atoms with Gasteiger partial charge in [-0.25, -0.2) is 4.39 Å². The Balaban J connectivity index is 1.90. The maximum Gasteiger partial charge on any atom is 0.254 e. The molecular formula is C14H19FN2O2. The number of hydrogen-bond donors (Lipinski definition) is 2. The summed E-state index contributed by atoms with van der Waals surface area (Å²) in [7, 11) is 0. The third-order valence-electron chi connectivity index (χ3n) is 3.52. The lowest BCUT2D eigenvalue weighted by Gasteiger charge is -2.23. The van der Waals surface area contributed by atoms with Crippen LogP contribution in [0.25, 0.3) is 0 Å². The molecule has 0 saturated carbocycles. The van der Waals surface area contributed by atoms with E-state index in [2.05, 4.69) is 17.1 Å². The Morgan fingerprint density at radius 3 is 2.79 bits per heavy atom. The second-order valence-electron chi connectivity index (χ2n) is 4.97. The maximum atomic E-state index is 13.5. The second-order valence-corrected chi connectivity index (χ2v) is 4.97. The third-order valence-corrected chi connectivity index (χ3v) is 3.52. The van der Waals surface area contributed by atoms with E-state index in [9.17, 15) is 9.18 Å². The fourth-order valence-corrected chi connectivity index (χ4v) is 2.34. The first-order valence-electron chi connectivity index (χ1n) is 6.58. The quantitative estimate of drug-likeness (QED) is 0.873. The highest BCUT2D eigenvalue weighted by atomic mass is 19.1. The molecule has 0 aromatic heterocycles. The van der Waals surface area contributed by atoms with E-state index in [0.29, 0.717) is 6.54 Å². The lowest BCUT2D eigenvalue weighted by molar-refractivity contribution is 0.0936. The Kier molecular flexibility index (Phi) is 4.37. The van der Waals surface area contributed by atoms with Crippen LogP contribution in [0.15, 0.2) is 18.2 Å². The van der Waals surface area contributed by atoms with Crippen molar-refractivity contribution in [1.29, 1.82) is 0 Å². The van der Waals surface area contributed by atoms with E-state index in [-0.39, 0.29) is 17.4 Å². The smallest absolute Gasteiger partial charge is 0.254 e. The van der Waals surface area contributed by atoms with Crippen molar-refractivity contribution in [3.63, 3.8) is 0 Å². The summed E-state index contributed by atoms with van der Waals surface area (Å²) in [6.07, 6.45) is 2.40. The molecule has 1 aliphatic heterocycles. The number of amides is 1. The highest BCUT2D eigenvalue weighted by molar-refractivity contribution is 5.94. The Labute approximate surface area is 112 Å². The number of carbonyl (C=O) groups excluding carboxylic acids is 1. The first-order valence-corrected chi connectivity index (χ1v) is 6.58. The van der Waals surface area contributed by atoms with Gasteiger partial charge in [0.25, 0.3) is 5.91 Å². The molecule has 4 nitrogen and oxygen atoms in total. The average Bonchev–Trinajstić information content (AvgIpc) is 2.89. The monoisotopic (exact) mass is 266 g/mol. The van der Waals surface area contributed by atoms with E-state index in [1.54, 1.807) is 0 Å². The SMILES string of the molecule is CC(CNC(=O)c1ccc(O)cc1F)N1CCCC1. The summed E-state index contributed by atoms with van der Waals surface area (Å²) in [4.78, 5) is 14.2. The van der Waals surface area contributed by atoms with Gasteiger partial charge in [0.15, 0.2) is 0 Å². The number of carbonyl (C=O) groups is 1. The standard InChI is InChI=1S/C14H19FN2O2/c1-10(17-6-2-3-7-17)9-16-14(19)12-5-4-11(18)8-13(12)15/h4-5,8,10,18H,2-3,6-7,9H2,1H3,(H,16,19).